The molecule has 0 aromatic heterocycles. The van der Waals surface area contributed by atoms with Gasteiger partial charge in [-0.3, -0.25) is 9.59 Å². The fraction of sp³-hybridized carbons (Fsp3) is 0.231. The maximum absolute atomic E-state index is 13.0. The van der Waals surface area contributed by atoms with Crippen molar-refractivity contribution in [2.75, 3.05) is 32.8 Å². The molecule has 0 bridgehead atoms. The number of nitrogens with zero attached hydrogens (tertiary/aromatic N) is 2. The maximum atomic E-state index is 13.0. The van der Waals surface area contributed by atoms with Gasteiger partial charge in [0.15, 0.2) is 6.61 Å². The van der Waals surface area contributed by atoms with Gasteiger partial charge in [0.1, 0.15) is 5.75 Å². The van der Waals surface area contributed by atoms with Crippen molar-refractivity contribution in [3.63, 3.8) is 0 Å². The summed E-state index contributed by atoms with van der Waals surface area (Å²) in [5.41, 5.74) is 2.86. The molecule has 3 aromatic carbocycles. The zero-order valence-corrected chi connectivity index (χ0v) is 18.5. The normalized spacial score (nSPS) is 14.0. The van der Waals surface area contributed by atoms with E-state index in [9.17, 15) is 9.59 Å². The topological polar surface area (TPSA) is 49.9 Å². The van der Waals surface area contributed by atoms with E-state index in [1.807, 2.05) is 59.5 Å². The zero-order valence-electron chi connectivity index (χ0n) is 17.7. The first-order chi connectivity index (χ1) is 15.6. The van der Waals surface area contributed by atoms with Crippen LogP contribution in [-0.4, -0.2) is 54.4 Å². The molecule has 1 saturated heterocycles. The van der Waals surface area contributed by atoms with Gasteiger partial charge in [0.2, 0.25) is 0 Å². The minimum atomic E-state index is -0.0820. The fourth-order valence-corrected chi connectivity index (χ4v) is 3.88. The van der Waals surface area contributed by atoms with Crippen LogP contribution < -0.4 is 4.74 Å². The largest absolute Gasteiger partial charge is 0.484 e. The summed E-state index contributed by atoms with van der Waals surface area (Å²) in [5, 5.41) is 0.621. The molecule has 3 aromatic rings. The Kier molecular flexibility index (Phi) is 7.07. The van der Waals surface area contributed by atoms with Crippen LogP contribution in [0.25, 0.3) is 11.1 Å². The Morgan fingerprint density at radius 1 is 0.750 bits per heavy atom. The number of carbonyl (C=O) groups excluding carboxylic acids is 2. The van der Waals surface area contributed by atoms with Gasteiger partial charge in [-0.25, -0.2) is 0 Å². The van der Waals surface area contributed by atoms with Gasteiger partial charge in [0, 0.05) is 36.8 Å². The Morgan fingerprint density at radius 2 is 1.38 bits per heavy atom. The quantitative estimate of drug-likeness (QED) is 0.565. The van der Waals surface area contributed by atoms with E-state index in [0.717, 1.165) is 17.5 Å². The molecule has 1 heterocycles. The number of hydrogen-bond donors (Lipinski definition) is 0. The van der Waals surface area contributed by atoms with Gasteiger partial charge >= 0.3 is 0 Å². The molecular formula is C26H25ClN2O3. The lowest BCUT2D eigenvalue weighted by Gasteiger charge is -2.22. The lowest BCUT2D eigenvalue weighted by atomic mass is 10.0. The molecule has 0 aliphatic carbocycles. The minimum absolute atomic E-state index is 0.00340. The van der Waals surface area contributed by atoms with Crippen LogP contribution in [0.2, 0.25) is 5.02 Å². The van der Waals surface area contributed by atoms with Crippen molar-refractivity contribution in [2.24, 2.45) is 0 Å². The number of benzene rings is 3. The van der Waals surface area contributed by atoms with Gasteiger partial charge in [-0.05, 0) is 53.9 Å². The first-order valence-electron chi connectivity index (χ1n) is 10.7. The molecule has 0 spiro atoms. The van der Waals surface area contributed by atoms with Crippen LogP contribution >= 0.6 is 11.6 Å². The van der Waals surface area contributed by atoms with Crippen LogP contribution in [0.1, 0.15) is 16.8 Å². The second-order valence-electron chi connectivity index (χ2n) is 7.71. The molecule has 0 atom stereocenters. The summed E-state index contributed by atoms with van der Waals surface area (Å²) in [6.45, 7) is 2.21. The van der Waals surface area contributed by atoms with Crippen LogP contribution in [0, 0.1) is 0 Å². The summed E-state index contributed by atoms with van der Waals surface area (Å²) < 4.78 is 5.58. The average Bonchev–Trinajstić information content (AvgIpc) is 3.10. The van der Waals surface area contributed by atoms with Gasteiger partial charge in [0.05, 0.1) is 0 Å². The van der Waals surface area contributed by atoms with Gasteiger partial charge < -0.3 is 14.5 Å². The molecule has 1 aliphatic heterocycles. The van der Waals surface area contributed by atoms with Crippen LogP contribution in [0.15, 0.2) is 78.9 Å². The van der Waals surface area contributed by atoms with Gasteiger partial charge in [-0.2, -0.15) is 0 Å². The van der Waals surface area contributed by atoms with E-state index in [-0.39, 0.29) is 18.4 Å². The fourth-order valence-electron chi connectivity index (χ4n) is 3.76. The van der Waals surface area contributed by atoms with Crippen LogP contribution in [0.5, 0.6) is 5.75 Å². The van der Waals surface area contributed by atoms with Crippen molar-refractivity contribution in [2.45, 2.75) is 6.42 Å². The Hall–Kier alpha value is -3.31. The number of halogens is 1. The molecule has 5 nitrogen and oxygen atoms in total. The van der Waals surface area contributed by atoms with Crippen molar-refractivity contribution in [3.8, 4) is 16.9 Å². The third-order valence-corrected chi connectivity index (χ3v) is 5.80. The molecule has 1 aliphatic rings. The number of hydrogen-bond acceptors (Lipinski definition) is 3. The Balaban J connectivity index is 1.31. The molecule has 0 unspecified atom stereocenters. The summed E-state index contributed by atoms with van der Waals surface area (Å²) in [7, 11) is 0. The summed E-state index contributed by atoms with van der Waals surface area (Å²) in [5.74, 6) is 0.520. The molecule has 32 heavy (non-hydrogen) atoms. The predicted molar refractivity (Wildman–Crippen MR) is 126 cm³/mol. The van der Waals surface area contributed by atoms with E-state index in [2.05, 4.69) is 0 Å². The molecular weight excluding hydrogens is 424 g/mol. The second kappa shape index (κ2) is 10.3. The van der Waals surface area contributed by atoms with E-state index in [1.54, 1.807) is 29.2 Å². The van der Waals surface area contributed by atoms with Crippen LogP contribution in [0.4, 0.5) is 0 Å². The monoisotopic (exact) mass is 448 g/mol. The van der Waals surface area contributed by atoms with Crippen LogP contribution in [-0.2, 0) is 4.79 Å². The summed E-state index contributed by atoms with van der Waals surface area (Å²) in [6, 6.07) is 24.7. The standard InChI is InChI=1S/C26H25ClN2O3/c27-23-11-13-24(14-12-23)32-19-25(30)28-15-4-16-29(18-17-28)26(31)22-9-7-21(8-10-22)20-5-2-1-3-6-20/h1-3,5-14H,4,15-19H2. The summed E-state index contributed by atoms with van der Waals surface area (Å²) in [6.07, 6.45) is 0.737. The third-order valence-electron chi connectivity index (χ3n) is 5.55. The molecule has 0 saturated carbocycles. The van der Waals surface area contributed by atoms with E-state index >= 15 is 0 Å². The Morgan fingerprint density at radius 3 is 2.09 bits per heavy atom. The summed E-state index contributed by atoms with van der Waals surface area (Å²) in [4.78, 5) is 29.2. The van der Waals surface area contributed by atoms with Crippen molar-refractivity contribution in [1.82, 2.24) is 9.80 Å². The average molecular weight is 449 g/mol. The SMILES string of the molecule is O=C(COc1ccc(Cl)cc1)N1CCCN(C(=O)c2ccc(-c3ccccc3)cc2)CC1. The van der Waals surface area contributed by atoms with E-state index in [1.165, 1.54) is 0 Å². The van der Waals surface area contributed by atoms with Crippen molar-refractivity contribution in [3.05, 3.63) is 89.4 Å². The predicted octanol–water partition coefficient (Wildman–Crippen LogP) is 4.76. The smallest absolute Gasteiger partial charge is 0.260 e. The van der Waals surface area contributed by atoms with Gasteiger partial charge in [-0.15, -0.1) is 0 Å². The first-order valence-corrected chi connectivity index (χ1v) is 11.1. The minimum Gasteiger partial charge on any atom is -0.484 e. The third kappa shape index (κ3) is 5.48. The first kappa shape index (κ1) is 21.9. The highest BCUT2D eigenvalue weighted by Gasteiger charge is 2.23. The Labute approximate surface area is 193 Å². The highest BCUT2D eigenvalue weighted by atomic mass is 35.5. The number of ether oxygens (including phenoxy) is 1. The summed E-state index contributed by atoms with van der Waals surface area (Å²) >= 11 is 5.87. The molecule has 164 valence electrons. The van der Waals surface area contributed by atoms with Gasteiger partial charge in [-0.1, -0.05) is 54.1 Å². The van der Waals surface area contributed by atoms with E-state index in [0.29, 0.717) is 42.5 Å². The number of carbonyl (C=O) groups is 2. The maximum Gasteiger partial charge on any atom is 0.260 e. The van der Waals surface area contributed by atoms with E-state index in [4.69, 9.17) is 16.3 Å². The lowest BCUT2D eigenvalue weighted by molar-refractivity contribution is -0.133. The van der Waals surface area contributed by atoms with Crippen molar-refractivity contribution in [1.29, 1.82) is 0 Å². The molecule has 1 fully saturated rings. The highest BCUT2D eigenvalue weighted by molar-refractivity contribution is 6.30. The molecule has 0 radical (unpaired) electrons. The Bertz CT molecular complexity index is 1050. The van der Waals surface area contributed by atoms with Crippen molar-refractivity contribution >= 4 is 23.4 Å². The molecule has 2 amide bonds. The molecule has 4 rings (SSSR count). The molecule has 0 N–H and O–H groups in total. The highest BCUT2D eigenvalue weighted by Crippen LogP contribution is 2.20. The second-order valence-corrected chi connectivity index (χ2v) is 8.15. The zero-order chi connectivity index (χ0) is 22.3. The van der Waals surface area contributed by atoms with Gasteiger partial charge in [0.25, 0.3) is 11.8 Å². The van der Waals surface area contributed by atoms with Crippen molar-refractivity contribution < 1.29 is 14.3 Å². The molecule has 6 heteroatoms. The number of amides is 2. The van der Waals surface area contributed by atoms with Crippen LogP contribution in [0.3, 0.4) is 0 Å². The lowest BCUT2D eigenvalue weighted by Crippen LogP contribution is -2.39. The van der Waals surface area contributed by atoms with E-state index < -0.39 is 0 Å². The number of rotatable bonds is 5.